The molecule has 10 heavy (non-hydrogen) atoms. The second-order valence-electron chi connectivity index (χ2n) is 3.10. The fourth-order valence-corrected chi connectivity index (χ4v) is 1.20. The van der Waals surface area contributed by atoms with Gasteiger partial charge in [-0.15, -0.1) is 12.4 Å². The van der Waals surface area contributed by atoms with Crippen LogP contribution in [-0.2, 0) is 0 Å². The lowest BCUT2D eigenvalue weighted by molar-refractivity contribution is 0.0477. The molecule has 0 aliphatic carbocycles. The van der Waals surface area contributed by atoms with E-state index in [1.165, 1.54) is 0 Å². The summed E-state index contributed by atoms with van der Waals surface area (Å²) < 4.78 is 0. The molecule has 1 atom stereocenters. The molecule has 0 bridgehead atoms. The average Bonchev–Trinajstić information content (AvgIpc) is 1.92. The first kappa shape index (κ1) is 10.2. The Labute approximate surface area is 68.4 Å². The van der Waals surface area contributed by atoms with Crippen molar-refractivity contribution in [3.63, 3.8) is 0 Å². The van der Waals surface area contributed by atoms with E-state index in [9.17, 15) is 5.11 Å². The van der Waals surface area contributed by atoms with Crippen molar-refractivity contribution in [1.29, 1.82) is 0 Å². The first-order valence-electron chi connectivity index (χ1n) is 3.64. The van der Waals surface area contributed by atoms with Crippen LogP contribution in [0.1, 0.15) is 26.2 Å². The number of hydrogen-bond donors (Lipinski definition) is 2. The van der Waals surface area contributed by atoms with Crippen molar-refractivity contribution >= 4 is 12.4 Å². The predicted octanol–water partition coefficient (Wildman–Crippen LogP) is 0.933. The van der Waals surface area contributed by atoms with Crippen molar-refractivity contribution in [2.45, 2.75) is 31.8 Å². The van der Waals surface area contributed by atoms with Gasteiger partial charge in [0.2, 0.25) is 0 Å². The summed E-state index contributed by atoms with van der Waals surface area (Å²) in [4.78, 5) is 0. The highest BCUT2D eigenvalue weighted by Crippen LogP contribution is 2.17. The van der Waals surface area contributed by atoms with E-state index in [-0.39, 0.29) is 12.4 Å². The molecule has 1 saturated heterocycles. The highest BCUT2D eigenvalue weighted by molar-refractivity contribution is 5.85. The minimum atomic E-state index is -0.399. The van der Waals surface area contributed by atoms with Gasteiger partial charge in [-0.1, -0.05) is 0 Å². The topological polar surface area (TPSA) is 32.3 Å². The van der Waals surface area contributed by atoms with E-state index < -0.39 is 5.60 Å². The van der Waals surface area contributed by atoms with Crippen LogP contribution in [0, 0.1) is 0 Å². The summed E-state index contributed by atoms with van der Waals surface area (Å²) in [5, 5.41) is 12.8. The predicted molar refractivity (Wildman–Crippen MR) is 44.6 cm³/mol. The molecule has 2 nitrogen and oxygen atoms in total. The number of hydrogen-bond acceptors (Lipinski definition) is 2. The maximum atomic E-state index is 9.51. The summed E-state index contributed by atoms with van der Waals surface area (Å²) in [6.45, 7) is 3.95. The Morgan fingerprint density at radius 1 is 1.30 bits per heavy atom. The van der Waals surface area contributed by atoms with Gasteiger partial charge in [-0.2, -0.15) is 0 Å². The zero-order valence-electron chi connectivity index (χ0n) is 6.39. The molecule has 1 aliphatic rings. The highest BCUT2D eigenvalue weighted by Gasteiger charge is 2.20. The molecule has 0 radical (unpaired) electrons. The summed E-state index contributed by atoms with van der Waals surface area (Å²) in [6.07, 6.45) is 2.94. The number of halogens is 1. The van der Waals surface area contributed by atoms with Crippen molar-refractivity contribution in [3.8, 4) is 0 Å². The van der Waals surface area contributed by atoms with E-state index in [0.717, 1.165) is 32.4 Å². The molecule has 0 saturated carbocycles. The molecule has 62 valence electrons. The van der Waals surface area contributed by atoms with Gasteiger partial charge < -0.3 is 10.4 Å². The van der Waals surface area contributed by atoms with E-state index in [1.54, 1.807) is 0 Å². The molecule has 0 amide bonds. The SMILES string of the molecule is CC1(O)CCCNCC1.Cl. The Balaban J connectivity index is 0.000000810. The van der Waals surface area contributed by atoms with E-state index >= 15 is 0 Å². The second kappa shape index (κ2) is 4.16. The molecule has 1 fully saturated rings. The molecule has 0 aromatic rings. The van der Waals surface area contributed by atoms with Gasteiger partial charge in [-0.05, 0) is 39.3 Å². The Bertz CT molecular complexity index is 85.6. The maximum absolute atomic E-state index is 9.51. The first-order valence-corrected chi connectivity index (χ1v) is 3.64. The summed E-state index contributed by atoms with van der Waals surface area (Å²) in [5.41, 5.74) is -0.399. The largest absolute Gasteiger partial charge is 0.390 e. The minimum absolute atomic E-state index is 0. The monoisotopic (exact) mass is 165 g/mol. The first-order chi connectivity index (χ1) is 4.21. The highest BCUT2D eigenvalue weighted by atomic mass is 35.5. The van der Waals surface area contributed by atoms with Crippen LogP contribution in [0.5, 0.6) is 0 Å². The summed E-state index contributed by atoms with van der Waals surface area (Å²) >= 11 is 0. The maximum Gasteiger partial charge on any atom is 0.0632 e. The molecule has 1 unspecified atom stereocenters. The van der Waals surface area contributed by atoms with Gasteiger partial charge in [-0.25, -0.2) is 0 Å². The number of rotatable bonds is 0. The van der Waals surface area contributed by atoms with Crippen LogP contribution in [0.2, 0.25) is 0 Å². The van der Waals surface area contributed by atoms with Crippen molar-refractivity contribution in [1.82, 2.24) is 5.32 Å². The van der Waals surface area contributed by atoms with Crippen LogP contribution < -0.4 is 5.32 Å². The standard InChI is InChI=1S/C7H15NO.ClH/c1-7(9)3-2-5-8-6-4-7;/h8-9H,2-6H2,1H3;1H. The van der Waals surface area contributed by atoms with Crippen molar-refractivity contribution in [3.05, 3.63) is 0 Å². The smallest absolute Gasteiger partial charge is 0.0632 e. The Morgan fingerprint density at radius 2 is 2.00 bits per heavy atom. The van der Waals surface area contributed by atoms with E-state index in [0.29, 0.717) is 0 Å². The molecule has 1 heterocycles. The van der Waals surface area contributed by atoms with Crippen LogP contribution in [-0.4, -0.2) is 23.8 Å². The van der Waals surface area contributed by atoms with Crippen molar-refractivity contribution in [2.24, 2.45) is 0 Å². The summed E-state index contributed by atoms with van der Waals surface area (Å²) in [7, 11) is 0. The molecule has 1 rings (SSSR count). The number of nitrogens with one attached hydrogen (secondary N) is 1. The number of aliphatic hydroxyl groups is 1. The quantitative estimate of drug-likeness (QED) is 0.560. The second-order valence-corrected chi connectivity index (χ2v) is 3.10. The fraction of sp³-hybridized carbons (Fsp3) is 1.00. The van der Waals surface area contributed by atoms with Crippen LogP contribution in [0.15, 0.2) is 0 Å². The lowest BCUT2D eigenvalue weighted by Crippen LogP contribution is -2.25. The van der Waals surface area contributed by atoms with Crippen LogP contribution in [0.3, 0.4) is 0 Å². The van der Waals surface area contributed by atoms with Crippen molar-refractivity contribution in [2.75, 3.05) is 13.1 Å². The normalized spacial score (nSPS) is 34.2. The Kier molecular flexibility index (Phi) is 4.25. The molecule has 0 aromatic heterocycles. The fourth-order valence-electron chi connectivity index (χ4n) is 1.20. The Hall–Kier alpha value is 0.210. The van der Waals surface area contributed by atoms with Crippen LogP contribution >= 0.6 is 12.4 Å². The molecular formula is C7H16ClNO. The van der Waals surface area contributed by atoms with Crippen LogP contribution in [0.4, 0.5) is 0 Å². The Morgan fingerprint density at radius 3 is 2.70 bits per heavy atom. The molecule has 1 aliphatic heterocycles. The van der Waals surface area contributed by atoms with Gasteiger partial charge in [0, 0.05) is 0 Å². The van der Waals surface area contributed by atoms with Gasteiger partial charge in [-0.3, -0.25) is 0 Å². The summed E-state index contributed by atoms with van der Waals surface area (Å²) in [5.74, 6) is 0. The molecule has 0 spiro atoms. The van der Waals surface area contributed by atoms with Gasteiger partial charge in [0.1, 0.15) is 0 Å². The summed E-state index contributed by atoms with van der Waals surface area (Å²) in [6, 6.07) is 0. The third-order valence-corrected chi connectivity index (χ3v) is 1.91. The molecular weight excluding hydrogens is 150 g/mol. The molecule has 2 N–H and O–H groups in total. The van der Waals surface area contributed by atoms with Crippen molar-refractivity contribution < 1.29 is 5.11 Å². The van der Waals surface area contributed by atoms with Gasteiger partial charge in [0.05, 0.1) is 5.60 Å². The third kappa shape index (κ3) is 3.40. The molecule has 0 aromatic carbocycles. The lowest BCUT2D eigenvalue weighted by Gasteiger charge is -2.19. The zero-order valence-corrected chi connectivity index (χ0v) is 7.21. The van der Waals surface area contributed by atoms with E-state index in [4.69, 9.17) is 0 Å². The van der Waals surface area contributed by atoms with Crippen LogP contribution in [0.25, 0.3) is 0 Å². The van der Waals surface area contributed by atoms with Gasteiger partial charge >= 0.3 is 0 Å². The zero-order chi connectivity index (χ0) is 6.74. The van der Waals surface area contributed by atoms with E-state index in [2.05, 4.69) is 5.32 Å². The average molecular weight is 166 g/mol. The van der Waals surface area contributed by atoms with Gasteiger partial charge in [0.25, 0.3) is 0 Å². The third-order valence-electron chi connectivity index (χ3n) is 1.91. The van der Waals surface area contributed by atoms with E-state index in [1.807, 2.05) is 6.92 Å². The lowest BCUT2D eigenvalue weighted by atomic mass is 9.98. The molecule has 3 heteroatoms. The van der Waals surface area contributed by atoms with Gasteiger partial charge in [0.15, 0.2) is 0 Å². The minimum Gasteiger partial charge on any atom is -0.390 e.